The molecule has 2 nitrogen and oxygen atoms in total. The van der Waals surface area contributed by atoms with E-state index >= 15 is 0 Å². The smallest absolute Gasteiger partial charge is 0.0701 e. The molecule has 0 atom stereocenters. The fourth-order valence-electron chi connectivity index (χ4n) is 8.46. The van der Waals surface area contributed by atoms with Crippen LogP contribution in [-0.2, 0) is 11.8 Å². The molecule has 2 aromatic heterocycles. The van der Waals surface area contributed by atoms with E-state index in [9.17, 15) is 0 Å². The molecule has 51 heavy (non-hydrogen) atoms. The van der Waals surface area contributed by atoms with Crippen molar-refractivity contribution in [3.63, 3.8) is 0 Å². The predicted molar refractivity (Wildman–Crippen MR) is 217 cm³/mol. The average molecular weight is 655 g/mol. The second-order valence-electron chi connectivity index (χ2n) is 15.1. The summed E-state index contributed by atoms with van der Waals surface area (Å²) < 4.78 is 2.50. The SMILES string of the molecule is CC(C)(C)c1cc2ccc3c(-c4ccc(-c5ccccn5)cc4)cc(-c4cccc(-n5c6c(c7ccccc75)C=CCC6)c4)c4ccc(c1)c2c34. The van der Waals surface area contributed by atoms with Crippen molar-refractivity contribution in [2.75, 3.05) is 0 Å². The lowest BCUT2D eigenvalue weighted by atomic mass is 9.81. The molecule has 0 N–H and O–H groups in total. The first-order valence-electron chi connectivity index (χ1n) is 18.1. The van der Waals surface area contributed by atoms with Gasteiger partial charge in [-0.1, -0.05) is 130 Å². The van der Waals surface area contributed by atoms with Gasteiger partial charge in [0.25, 0.3) is 0 Å². The maximum atomic E-state index is 4.60. The summed E-state index contributed by atoms with van der Waals surface area (Å²) >= 11 is 0. The number of fused-ring (bicyclic) bond motifs is 3. The van der Waals surface area contributed by atoms with Crippen LogP contribution in [0, 0.1) is 0 Å². The van der Waals surface area contributed by atoms with E-state index in [-0.39, 0.29) is 5.41 Å². The van der Waals surface area contributed by atoms with Gasteiger partial charge in [0.15, 0.2) is 0 Å². The van der Waals surface area contributed by atoms with Crippen molar-refractivity contribution < 1.29 is 0 Å². The van der Waals surface area contributed by atoms with Crippen molar-refractivity contribution in [2.45, 2.75) is 39.0 Å². The lowest BCUT2D eigenvalue weighted by Crippen LogP contribution is -2.10. The second-order valence-corrected chi connectivity index (χ2v) is 15.1. The number of allylic oxidation sites excluding steroid dienone is 1. The number of nitrogens with zero attached hydrogens (tertiary/aromatic N) is 2. The summed E-state index contributed by atoms with van der Waals surface area (Å²) in [4.78, 5) is 4.60. The van der Waals surface area contributed by atoms with E-state index in [0.29, 0.717) is 0 Å². The number of aromatic nitrogens is 2. The Balaban J connectivity index is 1.23. The van der Waals surface area contributed by atoms with Crippen molar-refractivity contribution in [2.24, 2.45) is 0 Å². The van der Waals surface area contributed by atoms with Crippen LogP contribution in [0.2, 0.25) is 0 Å². The van der Waals surface area contributed by atoms with E-state index in [2.05, 4.69) is 164 Å². The van der Waals surface area contributed by atoms with Gasteiger partial charge in [-0.2, -0.15) is 0 Å². The van der Waals surface area contributed by atoms with Crippen LogP contribution >= 0.6 is 0 Å². The maximum absolute atomic E-state index is 4.60. The minimum Gasteiger partial charge on any atom is -0.313 e. The summed E-state index contributed by atoms with van der Waals surface area (Å²) in [7, 11) is 0. The highest BCUT2D eigenvalue weighted by Gasteiger charge is 2.22. The molecular formula is C49H38N2. The largest absolute Gasteiger partial charge is 0.313 e. The van der Waals surface area contributed by atoms with Crippen molar-refractivity contribution in [3.05, 3.63) is 163 Å². The minimum atomic E-state index is 0.0637. The highest BCUT2D eigenvalue weighted by Crippen LogP contribution is 2.46. The predicted octanol–water partition coefficient (Wildman–Crippen LogP) is 13.2. The molecule has 1 aliphatic rings. The van der Waals surface area contributed by atoms with Crippen molar-refractivity contribution in [1.29, 1.82) is 0 Å². The summed E-state index contributed by atoms with van der Waals surface area (Å²) in [6.45, 7) is 6.91. The molecule has 0 unspecified atom stereocenters. The Morgan fingerprint density at radius 3 is 2.06 bits per heavy atom. The lowest BCUT2D eigenvalue weighted by Gasteiger charge is -2.23. The van der Waals surface area contributed by atoms with Crippen LogP contribution < -0.4 is 0 Å². The molecule has 0 bridgehead atoms. The molecular weight excluding hydrogens is 617 g/mol. The molecule has 7 aromatic carbocycles. The fraction of sp³-hybridized carbons (Fsp3) is 0.122. The Morgan fingerprint density at radius 2 is 1.31 bits per heavy atom. The van der Waals surface area contributed by atoms with Crippen molar-refractivity contribution in [1.82, 2.24) is 9.55 Å². The minimum absolute atomic E-state index is 0.0637. The zero-order valence-corrected chi connectivity index (χ0v) is 29.2. The van der Waals surface area contributed by atoms with E-state index in [4.69, 9.17) is 0 Å². The standard InChI is InChI=1S/C49H38N2/c1-49(2,3)36-27-34-22-24-40-42(31-18-20-32(21-19-31)44-15-8-9-26-50-44)30-43(41-25-23-35(28-36)47(34)48(40)41)33-11-10-12-37(29-33)51-45-16-6-4-13-38(45)39-14-5-7-17-46(39)51/h4-6,8-16,18-30H,7,17H2,1-3H3. The van der Waals surface area contributed by atoms with Gasteiger partial charge in [-0.05, 0) is 115 Å². The number of hydrogen-bond acceptors (Lipinski definition) is 1. The third-order valence-electron chi connectivity index (χ3n) is 11.0. The normalized spacial score (nSPS) is 13.2. The Bertz CT molecular complexity index is 2790. The van der Waals surface area contributed by atoms with E-state index in [1.54, 1.807) is 0 Å². The molecule has 2 heterocycles. The topological polar surface area (TPSA) is 17.8 Å². The van der Waals surface area contributed by atoms with Crippen molar-refractivity contribution in [3.8, 4) is 39.2 Å². The van der Waals surface area contributed by atoms with Crippen LogP contribution in [0.5, 0.6) is 0 Å². The second kappa shape index (κ2) is 11.3. The van der Waals surface area contributed by atoms with Gasteiger partial charge in [-0.3, -0.25) is 4.98 Å². The third kappa shape index (κ3) is 4.74. The molecule has 2 heteroatoms. The maximum Gasteiger partial charge on any atom is 0.0701 e. The first kappa shape index (κ1) is 29.9. The van der Waals surface area contributed by atoms with Crippen LogP contribution in [0.4, 0.5) is 0 Å². The average Bonchev–Trinajstić information content (AvgIpc) is 3.51. The van der Waals surface area contributed by atoms with Gasteiger partial charge in [-0.15, -0.1) is 0 Å². The Kier molecular flexibility index (Phi) is 6.60. The number of hydrogen-bond donors (Lipinski definition) is 0. The highest BCUT2D eigenvalue weighted by atomic mass is 15.0. The molecule has 0 amide bonds. The summed E-state index contributed by atoms with van der Waals surface area (Å²) in [5, 5.41) is 9.19. The molecule has 0 radical (unpaired) electrons. The Hall–Kier alpha value is -5.99. The van der Waals surface area contributed by atoms with Crippen LogP contribution in [0.25, 0.3) is 88.5 Å². The van der Waals surface area contributed by atoms with Gasteiger partial charge in [0.05, 0.1) is 11.2 Å². The first-order valence-corrected chi connectivity index (χ1v) is 18.1. The molecule has 0 aliphatic heterocycles. The fourth-order valence-corrected chi connectivity index (χ4v) is 8.46. The van der Waals surface area contributed by atoms with Gasteiger partial charge in [0.1, 0.15) is 0 Å². The first-order chi connectivity index (χ1) is 24.9. The molecule has 0 spiro atoms. The summed E-state index contributed by atoms with van der Waals surface area (Å²) in [5.74, 6) is 0. The van der Waals surface area contributed by atoms with Crippen LogP contribution in [0.15, 0.2) is 146 Å². The van der Waals surface area contributed by atoms with E-state index < -0.39 is 0 Å². The highest BCUT2D eigenvalue weighted by molar-refractivity contribution is 6.28. The molecule has 0 saturated heterocycles. The lowest BCUT2D eigenvalue weighted by molar-refractivity contribution is 0.591. The van der Waals surface area contributed by atoms with Gasteiger partial charge in [0.2, 0.25) is 0 Å². The molecule has 9 aromatic rings. The number of rotatable bonds is 4. The third-order valence-corrected chi connectivity index (χ3v) is 11.0. The number of benzene rings is 7. The van der Waals surface area contributed by atoms with E-state index in [1.807, 2.05) is 18.3 Å². The molecule has 0 fully saturated rings. The van der Waals surface area contributed by atoms with E-state index in [0.717, 1.165) is 24.1 Å². The van der Waals surface area contributed by atoms with E-state index in [1.165, 1.54) is 88.0 Å². The summed E-state index contributed by atoms with van der Waals surface area (Å²) in [6.07, 6.45) is 8.60. The monoisotopic (exact) mass is 654 g/mol. The number of pyridine rings is 1. The van der Waals surface area contributed by atoms with Crippen molar-refractivity contribution >= 4 is 49.3 Å². The van der Waals surface area contributed by atoms with Crippen LogP contribution in [0.3, 0.4) is 0 Å². The molecule has 244 valence electrons. The van der Waals surface area contributed by atoms with Gasteiger partial charge in [-0.25, -0.2) is 0 Å². The summed E-state index contributed by atoms with van der Waals surface area (Å²) in [5.41, 5.74) is 13.7. The quantitative estimate of drug-likeness (QED) is 0.173. The summed E-state index contributed by atoms with van der Waals surface area (Å²) in [6, 6.07) is 49.7. The molecule has 1 aliphatic carbocycles. The molecule has 0 saturated carbocycles. The van der Waals surface area contributed by atoms with Gasteiger partial charge < -0.3 is 4.57 Å². The zero-order valence-electron chi connectivity index (χ0n) is 29.2. The van der Waals surface area contributed by atoms with Gasteiger partial charge >= 0.3 is 0 Å². The van der Waals surface area contributed by atoms with Gasteiger partial charge in [0, 0.05) is 34.1 Å². The molecule has 10 rings (SSSR count). The van der Waals surface area contributed by atoms with Crippen LogP contribution in [-0.4, -0.2) is 9.55 Å². The zero-order chi connectivity index (χ0) is 34.3. The Labute approximate surface area is 298 Å². The Morgan fingerprint density at radius 1 is 0.588 bits per heavy atom. The number of para-hydroxylation sites is 1. The van der Waals surface area contributed by atoms with Crippen LogP contribution in [0.1, 0.15) is 44.0 Å².